The number of aromatic nitrogens is 1. The Hall–Kier alpha value is -1.64. The fraction of sp³-hybridized carbons (Fsp3) is 0.188. The standard InChI is InChI=1S/C16H17ClN2/c1-19(2)11-9-16(14-4-3-10-18-12-14)13-5-7-15(17)8-6-13/h3-10,12H,11H2,1-2H3. The summed E-state index contributed by atoms with van der Waals surface area (Å²) >= 11 is 5.95. The number of nitrogens with zero attached hydrogens (tertiary/aromatic N) is 2. The maximum atomic E-state index is 5.95. The first kappa shape index (κ1) is 13.8. The Labute approximate surface area is 119 Å². The molecule has 98 valence electrons. The number of likely N-dealkylation sites (N-methyl/N-ethyl adjacent to an activating group) is 1. The van der Waals surface area contributed by atoms with Crippen LogP contribution >= 0.6 is 11.6 Å². The molecule has 19 heavy (non-hydrogen) atoms. The second kappa shape index (κ2) is 6.50. The lowest BCUT2D eigenvalue weighted by Crippen LogP contribution is -2.11. The highest BCUT2D eigenvalue weighted by molar-refractivity contribution is 6.30. The highest BCUT2D eigenvalue weighted by Gasteiger charge is 2.05. The quantitative estimate of drug-likeness (QED) is 0.843. The van der Waals surface area contributed by atoms with E-state index in [1.807, 2.05) is 36.5 Å². The Morgan fingerprint density at radius 2 is 1.89 bits per heavy atom. The summed E-state index contributed by atoms with van der Waals surface area (Å²) in [4.78, 5) is 6.33. The summed E-state index contributed by atoms with van der Waals surface area (Å²) < 4.78 is 0. The Morgan fingerprint density at radius 3 is 2.47 bits per heavy atom. The number of hydrogen-bond donors (Lipinski definition) is 0. The molecule has 0 saturated heterocycles. The lowest BCUT2D eigenvalue weighted by molar-refractivity contribution is 0.457. The summed E-state index contributed by atoms with van der Waals surface area (Å²) in [5.41, 5.74) is 3.45. The van der Waals surface area contributed by atoms with E-state index in [-0.39, 0.29) is 0 Å². The monoisotopic (exact) mass is 272 g/mol. The summed E-state index contributed by atoms with van der Waals surface area (Å²) in [6, 6.07) is 11.9. The maximum absolute atomic E-state index is 5.95. The zero-order chi connectivity index (χ0) is 13.7. The van der Waals surface area contributed by atoms with Crippen LogP contribution in [-0.2, 0) is 0 Å². The van der Waals surface area contributed by atoms with E-state index in [9.17, 15) is 0 Å². The van der Waals surface area contributed by atoms with Crippen molar-refractivity contribution < 1.29 is 0 Å². The zero-order valence-corrected chi connectivity index (χ0v) is 11.9. The molecule has 0 aliphatic rings. The van der Waals surface area contributed by atoms with Crippen molar-refractivity contribution in [1.29, 1.82) is 0 Å². The lowest BCUT2D eigenvalue weighted by atomic mass is 9.99. The first-order valence-corrected chi connectivity index (χ1v) is 6.56. The van der Waals surface area contributed by atoms with Gasteiger partial charge < -0.3 is 4.90 Å². The second-order valence-electron chi connectivity index (χ2n) is 4.63. The third-order valence-electron chi connectivity index (χ3n) is 2.79. The minimum atomic E-state index is 0.752. The van der Waals surface area contributed by atoms with Gasteiger partial charge in [-0.2, -0.15) is 0 Å². The number of pyridine rings is 1. The van der Waals surface area contributed by atoms with E-state index in [0.717, 1.165) is 22.7 Å². The third-order valence-corrected chi connectivity index (χ3v) is 3.04. The van der Waals surface area contributed by atoms with Crippen LogP contribution in [0.15, 0.2) is 54.9 Å². The Balaban J connectivity index is 2.40. The van der Waals surface area contributed by atoms with Gasteiger partial charge in [0.05, 0.1) is 0 Å². The summed E-state index contributed by atoms with van der Waals surface area (Å²) in [6.45, 7) is 0.882. The molecular formula is C16H17ClN2. The number of hydrogen-bond acceptors (Lipinski definition) is 2. The Morgan fingerprint density at radius 1 is 1.16 bits per heavy atom. The van der Waals surface area contributed by atoms with Crippen LogP contribution in [-0.4, -0.2) is 30.5 Å². The molecular weight excluding hydrogens is 256 g/mol. The maximum Gasteiger partial charge on any atom is 0.0406 e. The van der Waals surface area contributed by atoms with Crippen LogP contribution in [0.4, 0.5) is 0 Å². The highest BCUT2D eigenvalue weighted by atomic mass is 35.5. The molecule has 0 bridgehead atoms. The smallest absolute Gasteiger partial charge is 0.0406 e. The molecule has 0 N–H and O–H groups in total. The summed E-state index contributed by atoms with van der Waals surface area (Å²) in [7, 11) is 4.11. The fourth-order valence-corrected chi connectivity index (χ4v) is 1.95. The third kappa shape index (κ3) is 3.91. The van der Waals surface area contributed by atoms with Crippen molar-refractivity contribution in [3.8, 4) is 0 Å². The molecule has 0 aliphatic heterocycles. The second-order valence-corrected chi connectivity index (χ2v) is 5.07. The van der Waals surface area contributed by atoms with E-state index >= 15 is 0 Å². The van der Waals surface area contributed by atoms with Crippen molar-refractivity contribution in [2.24, 2.45) is 0 Å². The van der Waals surface area contributed by atoms with Crippen LogP contribution in [0.2, 0.25) is 5.02 Å². The summed E-state index contributed by atoms with van der Waals surface area (Å²) in [5.74, 6) is 0. The lowest BCUT2D eigenvalue weighted by Gasteiger charge is -2.11. The van der Waals surface area contributed by atoms with Gasteiger partial charge in [0.15, 0.2) is 0 Å². The molecule has 2 nitrogen and oxygen atoms in total. The normalized spacial score (nSPS) is 11.9. The summed E-state index contributed by atoms with van der Waals surface area (Å²) in [6.07, 6.45) is 5.88. The van der Waals surface area contributed by atoms with Gasteiger partial charge in [-0.1, -0.05) is 35.9 Å². The van der Waals surface area contributed by atoms with Crippen molar-refractivity contribution >= 4 is 17.2 Å². The Kier molecular flexibility index (Phi) is 4.72. The van der Waals surface area contributed by atoms with Gasteiger partial charge in [-0.05, 0) is 43.4 Å². The van der Waals surface area contributed by atoms with Crippen molar-refractivity contribution in [2.45, 2.75) is 0 Å². The van der Waals surface area contributed by atoms with Crippen LogP contribution in [0.5, 0.6) is 0 Å². The molecule has 2 aromatic rings. The average molecular weight is 273 g/mol. The van der Waals surface area contributed by atoms with Crippen molar-refractivity contribution in [3.05, 3.63) is 71.0 Å². The van der Waals surface area contributed by atoms with Crippen LogP contribution in [0, 0.1) is 0 Å². The van der Waals surface area contributed by atoms with Crippen LogP contribution in [0.25, 0.3) is 5.57 Å². The summed E-state index contributed by atoms with van der Waals surface area (Å²) in [5, 5.41) is 0.752. The molecule has 0 saturated carbocycles. The molecule has 0 unspecified atom stereocenters. The minimum absolute atomic E-state index is 0.752. The van der Waals surface area contributed by atoms with E-state index in [1.54, 1.807) is 6.20 Å². The number of rotatable bonds is 4. The molecule has 0 amide bonds. The van der Waals surface area contributed by atoms with Gasteiger partial charge in [0.2, 0.25) is 0 Å². The van der Waals surface area contributed by atoms with Crippen LogP contribution in [0.1, 0.15) is 11.1 Å². The van der Waals surface area contributed by atoms with Gasteiger partial charge in [0.1, 0.15) is 0 Å². The van der Waals surface area contributed by atoms with E-state index < -0.39 is 0 Å². The molecule has 1 aromatic heterocycles. The molecule has 1 aromatic carbocycles. The molecule has 0 spiro atoms. The largest absolute Gasteiger partial charge is 0.306 e. The fourth-order valence-electron chi connectivity index (χ4n) is 1.83. The predicted molar refractivity (Wildman–Crippen MR) is 81.3 cm³/mol. The molecule has 0 atom stereocenters. The zero-order valence-electron chi connectivity index (χ0n) is 11.2. The van der Waals surface area contributed by atoms with Gasteiger partial charge in [-0.25, -0.2) is 0 Å². The van der Waals surface area contributed by atoms with Gasteiger partial charge in [-0.15, -0.1) is 0 Å². The van der Waals surface area contributed by atoms with Crippen molar-refractivity contribution in [1.82, 2.24) is 9.88 Å². The van der Waals surface area contributed by atoms with E-state index in [0.29, 0.717) is 0 Å². The Bertz CT molecular complexity index is 545. The van der Waals surface area contributed by atoms with Crippen molar-refractivity contribution in [3.63, 3.8) is 0 Å². The van der Waals surface area contributed by atoms with Gasteiger partial charge in [0, 0.05) is 29.5 Å². The molecule has 0 aliphatic carbocycles. The topological polar surface area (TPSA) is 16.1 Å². The van der Waals surface area contributed by atoms with Crippen LogP contribution < -0.4 is 0 Å². The minimum Gasteiger partial charge on any atom is -0.306 e. The van der Waals surface area contributed by atoms with Gasteiger partial charge >= 0.3 is 0 Å². The SMILES string of the molecule is CN(C)CC=C(c1ccc(Cl)cc1)c1cccnc1. The molecule has 1 heterocycles. The molecule has 0 fully saturated rings. The van der Waals surface area contributed by atoms with Crippen LogP contribution in [0.3, 0.4) is 0 Å². The number of benzene rings is 1. The van der Waals surface area contributed by atoms with E-state index in [1.165, 1.54) is 5.57 Å². The molecule has 2 rings (SSSR count). The first-order valence-electron chi connectivity index (χ1n) is 6.18. The molecule has 0 radical (unpaired) electrons. The highest BCUT2D eigenvalue weighted by Crippen LogP contribution is 2.24. The van der Waals surface area contributed by atoms with Gasteiger partial charge in [0.25, 0.3) is 0 Å². The van der Waals surface area contributed by atoms with E-state index in [2.05, 4.69) is 36.1 Å². The molecule has 3 heteroatoms. The van der Waals surface area contributed by atoms with Gasteiger partial charge in [-0.3, -0.25) is 4.98 Å². The average Bonchev–Trinajstić information content (AvgIpc) is 2.42. The first-order chi connectivity index (χ1) is 9.16. The predicted octanol–water partition coefficient (Wildman–Crippen LogP) is 3.73. The van der Waals surface area contributed by atoms with Crippen molar-refractivity contribution in [2.75, 3.05) is 20.6 Å². The van der Waals surface area contributed by atoms with E-state index in [4.69, 9.17) is 11.6 Å². The number of halogens is 1.